The summed E-state index contributed by atoms with van der Waals surface area (Å²) in [7, 11) is -36.9. The molecule has 0 spiro atoms. The van der Waals surface area contributed by atoms with E-state index in [1.807, 2.05) is 0 Å². The van der Waals surface area contributed by atoms with Crippen molar-refractivity contribution in [2.24, 2.45) is 0 Å². The SMILES string of the molecule is O=P(O)(O)OC(OP(=O)(O)O)N(C(OP(=O)(O)O)OP(=O)(O)O)C(OP(=O)(O)O)OP(=O)(O)O. The second kappa shape index (κ2) is 12.0. The minimum Gasteiger partial charge on any atom is -0.303 e. The van der Waals surface area contributed by atoms with E-state index in [0.29, 0.717) is 0 Å². The minimum atomic E-state index is -6.15. The van der Waals surface area contributed by atoms with Gasteiger partial charge in [-0.3, -0.25) is 0 Å². The molecule has 206 valence electrons. The van der Waals surface area contributed by atoms with Crippen molar-refractivity contribution in [1.29, 1.82) is 0 Å². The van der Waals surface area contributed by atoms with Crippen LogP contribution in [-0.4, -0.2) is 82.9 Å². The molecule has 34 heavy (non-hydrogen) atoms. The van der Waals surface area contributed by atoms with Crippen LogP contribution in [-0.2, 0) is 54.5 Å². The Kier molecular flexibility index (Phi) is 12.2. The van der Waals surface area contributed by atoms with E-state index in [0.717, 1.165) is 0 Å². The molecule has 0 radical (unpaired) electrons. The Balaban J connectivity index is 7.17. The van der Waals surface area contributed by atoms with Gasteiger partial charge in [0.25, 0.3) is 0 Å². The van der Waals surface area contributed by atoms with Gasteiger partial charge in [0, 0.05) is 0 Å². The third kappa shape index (κ3) is 18.0. The van der Waals surface area contributed by atoms with Gasteiger partial charge >= 0.3 is 46.9 Å². The molecule has 0 aliphatic heterocycles. The topological polar surface area (TPSA) is 404 Å². The highest BCUT2D eigenvalue weighted by atomic mass is 31.2. The maximum atomic E-state index is 11.2. The second-order valence-corrected chi connectivity index (χ2v) is 12.1. The van der Waals surface area contributed by atoms with Crippen LogP contribution in [0.1, 0.15) is 0 Å². The Bertz CT molecular complexity index is 756. The summed E-state index contributed by atoms with van der Waals surface area (Å²) in [5.41, 5.74) is 0. The Morgan fingerprint density at radius 3 is 0.559 bits per heavy atom. The summed E-state index contributed by atoms with van der Waals surface area (Å²) in [6, 6.07) is 0. The first-order valence-electron chi connectivity index (χ1n) is 6.78. The first kappa shape index (κ1) is 34.6. The molecule has 0 amide bonds. The van der Waals surface area contributed by atoms with Gasteiger partial charge in [-0.2, -0.15) is 4.90 Å². The van der Waals surface area contributed by atoms with Crippen LogP contribution < -0.4 is 0 Å². The average Bonchev–Trinajstić information content (AvgIpc) is 2.35. The molecule has 0 aromatic heterocycles. The summed E-state index contributed by atoms with van der Waals surface area (Å²) in [4.78, 5) is 105. The standard InChI is InChI=1S/C3H15NO24P6/c5-29(6,7)23-1(24-30(8,9)10)4(2(25-31(11,12)13)26-32(14,15)16)3(27-33(17,18)19)28-34(20,21)22/h1-3H,(H2,5,6,7)(H2,8,9,10)(H2,11,12,13)(H2,14,15,16)(H2,17,18,19)(H2,20,21,22). The van der Waals surface area contributed by atoms with Gasteiger partial charge in [0.2, 0.25) is 19.2 Å². The van der Waals surface area contributed by atoms with Gasteiger partial charge in [-0.25, -0.2) is 54.5 Å². The molecular formula is C3H15NO24P6. The Labute approximate surface area is 185 Å². The molecule has 31 heteroatoms. The second-order valence-electron chi connectivity index (χ2n) is 4.94. The molecule has 25 nitrogen and oxygen atoms in total. The number of phosphoric acid groups is 6. The van der Waals surface area contributed by atoms with E-state index in [1.165, 1.54) is 0 Å². The van der Waals surface area contributed by atoms with Crippen LogP contribution in [0.4, 0.5) is 0 Å². The molecule has 0 heterocycles. The third-order valence-corrected chi connectivity index (χ3v) is 4.83. The fraction of sp³-hybridized carbons (Fsp3) is 1.00. The van der Waals surface area contributed by atoms with E-state index in [-0.39, 0.29) is 0 Å². The van der Waals surface area contributed by atoms with Crippen molar-refractivity contribution in [1.82, 2.24) is 4.90 Å². The molecule has 0 aromatic rings. The van der Waals surface area contributed by atoms with E-state index < -0.39 is 71.1 Å². The normalized spacial score (nSPS) is 15.2. The van der Waals surface area contributed by atoms with Crippen molar-refractivity contribution >= 4 is 46.9 Å². The van der Waals surface area contributed by atoms with Crippen LogP contribution in [0.2, 0.25) is 0 Å². The molecule has 0 unspecified atom stereocenters. The summed E-state index contributed by atoms with van der Waals surface area (Å²) in [6.07, 6.45) is -11.4. The highest BCUT2D eigenvalue weighted by Gasteiger charge is 2.50. The third-order valence-electron chi connectivity index (χ3n) is 2.10. The van der Waals surface area contributed by atoms with E-state index in [4.69, 9.17) is 58.7 Å². The molecule has 12 N–H and O–H groups in total. The molecule has 0 aliphatic rings. The molecule has 0 atom stereocenters. The van der Waals surface area contributed by atoms with E-state index >= 15 is 0 Å². The number of nitrogens with zero attached hydrogens (tertiary/aromatic N) is 1. The quantitative estimate of drug-likeness (QED) is 0.0622. The van der Waals surface area contributed by atoms with Gasteiger partial charge in [0.15, 0.2) is 0 Å². The molecule has 0 fully saturated rings. The fourth-order valence-corrected chi connectivity index (χ4v) is 3.91. The largest absolute Gasteiger partial charge is 0.472 e. The van der Waals surface area contributed by atoms with Gasteiger partial charge in [-0.05, 0) is 0 Å². The molecular weight excluding hydrogens is 620 g/mol. The van der Waals surface area contributed by atoms with E-state index in [1.54, 1.807) is 0 Å². The Morgan fingerprint density at radius 2 is 0.471 bits per heavy atom. The van der Waals surface area contributed by atoms with Crippen molar-refractivity contribution < 1.29 is 113 Å². The van der Waals surface area contributed by atoms with Crippen molar-refractivity contribution in [2.75, 3.05) is 0 Å². The molecule has 0 saturated carbocycles. The first-order chi connectivity index (χ1) is 14.6. The van der Waals surface area contributed by atoms with Crippen molar-refractivity contribution in [3.05, 3.63) is 0 Å². The lowest BCUT2D eigenvalue weighted by Gasteiger charge is -2.38. The first-order valence-corrected chi connectivity index (χ1v) is 16.0. The fourth-order valence-electron chi connectivity index (χ4n) is 1.39. The van der Waals surface area contributed by atoms with Gasteiger partial charge in [-0.1, -0.05) is 0 Å². The number of hydrogen-bond donors (Lipinski definition) is 12. The van der Waals surface area contributed by atoms with Crippen LogP contribution in [0.5, 0.6) is 0 Å². The number of rotatable bonds is 15. The predicted molar refractivity (Wildman–Crippen MR) is 92.0 cm³/mol. The lowest BCUT2D eigenvalue weighted by molar-refractivity contribution is -0.316. The maximum Gasteiger partial charge on any atom is 0.472 e. The number of phosphoric ester groups is 6. The smallest absolute Gasteiger partial charge is 0.303 e. The molecule has 0 aromatic carbocycles. The zero-order valence-electron chi connectivity index (χ0n) is 15.1. The van der Waals surface area contributed by atoms with Crippen LogP contribution in [0, 0.1) is 0 Å². The van der Waals surface area contributed by atoms with Crippen molar-refractivity contribution in [2.45, 2.75) is 19.2 Å². The van der Waals surface area contributed by atoms with Gasteiger partial charge in [0.05, 0.1) is 0 Å². The van der Waals surface area contributed by atoms with Crippen LogP contribution >= 0.6 is 46.9 Å². The minimum absolute atomic E-state index is 1.17. The molecule has 0 saturated heterocycles. The van der Waals surface area contributed by atoms with Crippen LogP contribution in [0.25, 0.3) is 0 Å². The zero-order valence-corrected chi connectivity index (χ0v) is 20.5. The van der Waals surface area contributed by atoms with Crippen molar-refractivity contribution in [3.63, 3.8) is 0 Å². The lowest BCUT2D eigenvalue weighted by atomic mass is 10.7. The van der Waals surface area contributed by atoms with E-state index in [9.17, 15) is 27.4 Å². The van der Waals surface area contributed by atoms with Crippen LogP contribution in [0.3, 0.4) is 0 Å². The highest BCUT2D eigenvalue weighted by Crippen LogP contribution is 2.53. The van der Waals surface area contributed by atoms with Crippen molar-refractivity contribution in [3.8, 4) is 0 Å². The lowest BCUT2D eigenvalue weighted by Crippen LogP contribution is -2.54. The number of hydrogen-bond acceptors (Lipinski definition) is 13. The van der Waals surface area contributed by atoms with Gasteiger partial charge in [0.1, 0.15) is 0 Å². The summed E-state index contributed by atoms with van der Waals surface area (Å²) < 4.78 is 88.8. The summed E-state index contributed by atoms with van der Waals surface area (Å²) >= 11 is 0. The van der Waals surface area contributed by atoms with Crippen LogP contribution in [0.15, 0.2) is 0 Å². The average molecular weight is 635 g/mol. The monoisotopic (exact) mass is 635 g/mol. The summed E-state index contributed by atoms with van der Waals surface area (Å²) in [5, 5.41) is 0. The molecule has 0 rings (SSSR count). The predicted octanol–water partition coefficient (Wildman–Crippen LogP) is -3.21. The Morgan fingerprint density at radius 1 is 0.353 bits per heavy atom. The summed E-state index contributed by atoms with van der Waals surface area (Å²) in [6.45, 7) is 0. The molecule has 0 aliphatic carbocycles. The highest BCUT2D eigenvalue weighted by molar-refractivity contribution is 7.48. The molecule has 0 bridgehead atoms. The van der Waals surface area contributed by atoms with Gasteiger partial charge in [-0.15, -0.1) is 0 Å². The Hall–Kier alpha value is 0.620. The summed E-state index contributed by atoms with van der Waals surface area (Å²) in [5.74, 6) is 0. The van der Waals surface area contributed by atoms with Gasteiger partial charge < -0.3 is 58.7 Å². The van der Waals surface area contributed by atoms with E-state index in [2.05, 4.69) is 27.1 Å². The maximum absolute atomic E-state index is 11.2. The zero-order chi connectivity index (χ0) is 27.6.